The summed E-state index contributed by atoms with van der Waals surface area (Å²) in [5.74, 6) is -0.383. The number of hydrogen-bond donors (Lipinski definition) is 2. The molecule has 0 aliphatic heterocycles. The van der Waals surface area contributed by atoms with Crippen LogP contribution in [0, 0.1) is 0 Å². The summed E-state index contributed by atoms with van der Waals surface area (Å²) >= 11 is 0. The number of aryl methyl sites for hydroxylation is 1. The number of anilines is 2. The van der Waals surface area contributed by atoms with Crippen molar-refractivity contribution in [1.29, 1.82) is 0 Å². The van der Waals surface area contributed by atoms with Crippen molar-refractivity contribution in [2.45, 2.75) is 6.61 Å². The lowest BCUT2D eigenvalue weighted by molar-refractivity contribution is 0.102. The molecule has 3 aromatic rings. The molecule has 25 heavy (non-hydrogen) atoms. The molecular weight excluding hydrogens is 320 g/mol. The molecule has 0 bridgehead atoms. The molecule has 0 saturated carbocycles. The number of nitrogens with zero attached hydrogens (tertiary/aromatic N) is 4. The summed E-state index contributed by atoms with van der Waals surface area (Å²) in [6, 6.07) is 5.42. The third-order valence-corrected chi connectivity index (χ3v) is 3.57. The van der Waals surface area contributed by atoms with E-state index in [1.54, 1.807) is 30.1 Å². The Bertz CT molecular complexity index is 888. The SMILES string of the molecule is COCc1cnc(C(=O)Nc2cc(-c3cnn(C)c3)ccc2N)cn1. The Balaban J connectivity index is 1.80. The highest BCUT2D eigenvalue weighted by Crippen LogP contribution is 2.27. The summed E-state index contributed by atoms with van der Waals surface area (Å²) in [6.45, 7) is 0.342. The average Bonchev–Trinajstić information content (AvgIpc) is 3.04. The molecule has 2 heterocycles. The molecule has 0 aliphatic rings. The lowest BCUT2D eigenvalue weighted by atomic mass is 10.1. The van der Waals surface area contributed by atoms with Crippen LogP contribution in [-0.2, 0) is 18.4 Å². The van der Waals surface area contributed by atoms with E-state index >= 15 is 0 Å². The molecule has 0 unspecified atom stereocenters. The first-order valence-electron chi connectivity index (χ1n) is 7.56. The van der Waals surface area contributed by atoms with Gasteiger partial charge in [0.25, 0.3) is 5.91 Å². The standard InChI is InChI=1S/C17H18N6O2/c1-23-9-12(6-21-23)11-3-4-14(18)15(5-11)22-17(24)16-8-19-13(7-20-16)10-25-2/h3-9H,10,18H2,1-2H3,(H,22,24). The second-order valence-electron chi connectivity index (χ2n) is 5.48. The second kappa shape index (κ2) is 7.10. The summed E-state index contributed by atoms with van der Waals surface area (Å²) in [4.78, 5) is 20.6. The van der Waals surface area contributed by atoms with E-state index < -0.39 is 0 Å². The lowest BCUT2D eigenvalue weighted by Crippen LogP contribution is -2.15. The summed E-state index contributed by atoms with van der Waals surface area (Å²) in [7, 11) is 3.41. The molecule has 0 saturated heterocycles. The molecule has 1 aromatic carbocycles. The Morgan fingerprint density at radius 2 is 2.08 bits per heavy atom. The molecule has 0 aliphatic carbocycles. The number of nitrogens with two attached hydrogens (primary N) is 1. The Labute approximate surface area is 144 Å². The monoisotopic (exact) mass is 338 g/mol. The summed E-state index contributed by atoms with van der Waals surface area (Å²) < 4.78 is 6.68. The predicted molar refractivity (Wildman–Crippen MR) is 93.8 cm³/mol. The highest BCUT2D eigenvalue weighted by atomic mass is 16.5. The third-order valence-electron chi connectivity index (χ3n) is 3.57. The Kier molecular flexibility index (Phi) is 4.71. The van der Waals surface area contributed by atoms with Crippen LogP contribution in [0.15, 0.2) is 43.0 Å². The van der Waals surface area contributed by atoms with Crippen LogP contribution in [0.4, 0.5) is 11.4 Å². The van der Waals surface area contributed by atoms with Crippen LogP contribution in [0.2, 0.25) is 0 Å². The first-order chi connectivity index (χ1) is 12.1. The number of rotatable bonds is 5. The minimum absolute atomic E-state index is 0.200. The van der Waals surface area contributed by atoms with Crippen LogP contribution in [0.5, 0.6) is 0 Å². The highest BCUT2D eigenvalue weighted by molar-refractivity contribution is 6.04. The van der Waals surface area contributed by atoms with Gasteiger partial charge in [-0.15, -0.1) is 0 Å². The van der Waals surface area contributed by atoms with E-state index in [4.69, 9.17) is 10.5 Å². The number of nitrogen functional groups attached to an aromatic ring is 1. The summed E-state index contributed by atoms with van der Waals surface area (Å²) in [5.41, 5.74) is 9.63. The Hall–Kier alpha value is -3.26. The topological polar surface area (TPSA) is 108 Å². The normalized spacial score (nSPS) is 10.6. The van der Waals surface area contributed by atoms with Crippen molar-refractivity contribution < 1.29 is 9.53 Å². The van der Waals surface area contributed by atoms with Crippen LogP contribution in [0.1, 0.15) is 16.2 Å². The van der Waals surface area contributed by atoms with Gasteiger partial charge in [0.1, 0.15) is 5.69 Å². The lowest BCUT2D eigenvalue weighted by Gasteiger charge is -2.10. The molecule has 1 amide bonds. The van der Waals surface area contributed by atoms with Gasteiger partial charge in [-0.1, -0.05) is 6.07 Å². The van der Waals surface area contributed by atoms with Gasteiger partial charge in [-0.25, -0.2) is 4.98 Å². The van der Waals surface area contributed by atoms with Crippen molar-refractivity contribution in [1.82, 2.24) is 19.7 Å². The van der Waals surface area contributed by atoms with Gasteiger partial charge in [0.05, 0.1) is 42.3 Å². The number of methoxy groups -OCH3 is 1. The molecule has 8 heteroatoms. The molecule has 0 radical (unpaired) electrons. The van der Waals surface area contributed by atoms with Gasteiger partial charge in [-0.05, 0) is 17.7 Å². The number of carbonyl (C=O) groups excluding carboxylic acids is 1. The molecule has 3 N–H and O–H groups in total. The number of hydrogen-bond acceptors (Lipinski definition) is 6. The maximum absolute atomic E-state index is 12.4. The van der Waals surface area contributed by atoms with E-state index in [0.717, 1.165) is 11.1 Å². The number of benzene rings is 1. The van der Waals surface area contributed by atoms with E-state index in [9.17, 15) is 4.79 Å². The van der Waals surface area contributed by atoms with Gasteiger partial charge in [0.2, 0.25) is 0 Å². The second-order valence-corrected chi connectivity index (χ2v) is 5.48. The Morgan fingerprint density at radius 3 is 2.72 bits per heavy atom. The van der Waals surface area contributed by atoms with Crippen molar-refractivity contribution in [3.63, 3.8) is 0 Å². The van der Waals surface area contributed by atoms with Gasteiger partial charge in [-0.2, -0.15) is 5.10 Å². The quantitative estimate of drug-likeness (QED) is 0.688. The van der Waals surface area contributed by atoms with Gasteiger partial charge in [-0.3, -0.25) is 14.5 Å². The highest BCUT2D eigenvalue weighted by Gasteiger charge is 2.12. The van der Waals surface area contributed by atoms with Crippen LogP contribution >= 0.6 is 0 Å². The van der Waals surface area contributed by atoms with Crippen molar-refractivity contribution in [3.8, 4) is 11.1 Å². The molecule has 0 fully saturated rings. The maximum Gasteiger partial charge on any atom is 0.275 e. The van der Waals surface area contributed by atoms with E-state index in [-0.39, 0.29) is 11.6 Å². The molecule has 2 aromatic heterocycles. The number of ether oxygens (including phenoxy) is 1. The molecular formula is C17H18N6O2. The van der Waals surface area contributed by atoms with Gasteiger partial charge < -0.3 is 15.8 Å². The summed E-state index contributed by atoms with van der Waals surface area (Å²) in [5, 5.41) is 6.92. The molecule has 3 rings (SSSR count). The molecule has 0 atom stereocenters. The fraction of sp³-hybridized carbons (Fsp3) is 0.176. The first-order valence-corrected chi connectivity index (χ1v) is 7.56. The van der Waals surface area contributed by atoms with Crippen molar-refractivity contribution in [2.24, 2.45) is 7.05 Å². The van der Waals surface area contributed by atoms with E-state index in [0.29, 0.717) is 23.7 Å². The fourth-order valence-corrected chi connectivity index (χ4v) is 2.30. The van der Waals surface area contributed by atoms with Crippen LogP contribution in [0.25, 0.3) is 11.1 Å². The van der Waals surface area contributed by atoms with Gasteiger partial charge >= 0.3 is 0 Å². The smallest absolute Gasteiger partial charge is 0.275 e. The van der Waals surface area contributed by atoms with Crippen molar-refractivity contribution >= 4 is 17.3 Å². The van der Waals surface area contributed by atoms with Crippen LogP contribution in [0.3, 0.4) is 0 Å². The van der Waals surface area contributed by atoms with E-state index in [2.05, 4.69) is 20.4 Å². The average molecular weight is 338 g/mol. The van der Waals surface area contributed by atoms with Gasteiger partial charge in [0.15, 0.2) is 0 Å². The molecule has 8 nitrogen and oxygen atoms in total. The maximum atomic E-state index is 12.4. The number of carbonyl (C=O) groups is 1. The minimum atomic E-state index is -0.383. The molecule has 0 spiro atoms. The number of aromatic nitrogens is 4. The zero-order chi connectivity index (χ0) is 17.8. The molecule has 128 valence electrons. The van der Waals surface area contributed by atoms with Gasteiger partial charge in [0, 0.05) is 25.9 Å². The predicted octanol–water partition coefficient (Wildman–Crippen LogP) is 1.86. The summed E-state index contributed by atoms with van der Waals surface area (Å²) in [6.07, 6.45) is 6.55. The van der Waals surface area contributed by atoms with Crippen LogP contribution in [-0.4, -0.2) is 32.8 Å². The Morgan fingerprint density at radius 1 is 1.24 bits per heavy atom. The minimum Gasteiger partial charge on any atom is -0.397 e. The van der Waals surface area contributed by atoms with E-state index in [1.165, 1.54) is 12.4 Å². The van der Waals surface area contributed by atoms with Crippen molar-refractivity contribution in [3.05, 3.63) is 54.4 Å². The fourth-order valence-electron chi connectivity index (χ4n) is 2.30. The number of nitrogens with one attached hydrogen (secondary N) is 1. The van der Waals surface area contributed by atoms with Crippen molar-refractivity contribution in [2.75, 3.05) is 18.2 Å². The third kappa shape index (κ3) is 3.81. The largest absolute Gasteiger partial charge is 0.397 e. The first kappa shape index (κ1) is 16.6. The number of amides is 1. The van der Waals surface area contributed by atoms with E-state index in [1.807, 2.05) is 19.3 Å². The zero-order valence-corrected chi connectivity index (χ0v) is 13.9. The van der Waals surface area contributed by atoms with Crippen LogP contribution < -0.4 is 11.1 Å². The zero-order valence-electron chi connectivity index (χ0n) is 13.9.